The first kappa shape index (κ1) is 24.0. The Morgan fingerprint density at radius 1 is 1.08 bits per heavy atom. The molecule has 0 radical (unpaired) electrons. The van der Waals surface area contributed by atoms with Crippen LogP contribution in [0.1, 0.15) is 38.7 Å². The van der Waals surface area contributed by atoms with E-state index in [1.165, 1.54) is 12.0 Å². The van der Waals surface area contributed by atoms with Gasteiger partial charge in [0.2, 0.25) is 0 Å². The summed E-state index contributed by atoms with van der Waals surface area (Å²) in [6, 6.07) is 8.22. The first-order valence-electron chi connectivity index (χ1n) is 9.04. The average Bonchev–Trinajstić information content (AvgIpc) is 2.57. The smallest absolute Gasteiger partial charge is 0.191 e. The Morgan fingerprint density at radius 2 is 1.80 bits per heavy atom. The number of guanidine groups is 1. The van der Waals surface area contributed by atoms with E-state index in [0.29, 0.717) is 6.54 Å². The summed E-state index contributed by atoms with van der Waals surface area (Å²) in [4.78, 5) is 6.80. The standard InChI is InChI=1S/C19H34N4O.HI/c1-5-7-13-21-19(20-6-2)22-16-17-9-11-18(12-10-17)24-15-8-14-23(3)4;/h9-12H,5-8,13-16H2,1-4H3,(H2,20,21,22);1H. The molecule has 1 rings (SSSR count). The molecule has 144 valence electrons. The summed E-state index contributed by atoms with van der Waals surface area (Å²) in [5.41, 5.74) is 1.18. The summed E-state index contributed by atoms with van der Waals surface area (Å²) in [6.45, 7) is 8.57. The van der Waals surface area contributed by atoms with Crippen molar-refractivity contribution < 1.29 is 4.74 Å². The molecular weight excluding hydrogens is 427 g/mol. The number of aliphatic imine (C=N–C) groups is 1. The van der Waals surface area contributed by atoms with Gasteiger partial charge in [0.1, 0.15) is 5.75 Å². The summed E-state index contributed by atoms with van der Waals surface area (Å²) in [6.07, 6.45) is 3.38. The van der Waals surface area contributed by atoms with Crippen molar-refractivity contribution >= 4 is 29.9 Å². The molecule has 0 unspecified atom stereocenters. The van der Waals surface area contributed by atoms with Crippen molar-refractivity contribution in [1.82, 2.24) is 15.5 Å². The van der Waals surface area contributed by atoms with Gasteiger partial charge in [0, 0.05) is 19.6 Å². The fourth-order valence-electron chi connectivity index (χ4n) is 2.16. The van der Waals surface area contributed by atoms with E-state index in [1.54, 1.807) is 0 Å². The fraction of sp³-hybridized carbons (Fsp3) is 0.632. The predicted molar refractivity (Wildman–Crippen MR) is 118 cm³/mol. The minimum absolute atomic E-state index is 0. The maximum Gasteiger partial charge on any atom is 0.191 e. The highest BCUT2D eigenvalue weighted by atomic mass is 127. The van der Waals surface area contributed by atoms with Crippen molar-refractivity contribution in [2.75, 3.05) is 40.3 Å². The number of benzene rings is 1. The van der Waals surface area contributed by atoms with Crippen LogP contribution in [0.5, 0.6) is 5.75 Å². The number of hydrogen-bond acceptors (Lipinski definition) is 3. The summed E-state index contributed by atoms with van der Waals surface area (Å²) < 4.78 is 5.75. The van der Waals surface area contributed by atoms with Crippen LogP contribution < -0.4 is 15.4 Å². The highest BCUT2D eigenvalue weighted by Gasteiger charge is 1.99. The molecule has 6 heteroatoms. The van der Waals surface area contributed by atoms with Gasteiger partial charge in [0.05, 0.1) is 13.2 Å². The van der Waals surface area contributed by atoms with Crippen LogP contribution >= 0.6 is 24.0 Å². The van der Waals surface area contributed by atoms with Gasteiger partial charge in [-0.25, -0.2) is 4.99 Å². The molecule has 0 atom stereocenters. The minimum Gasteiger partial charge on any atom is -0.494 e. The molecule has 0 saturated carbocycles. The van der Waals surface area contributed by atoms with E-state index in [9.17, 15) is 0 Å². The SMILES string of the molecule is CCCCNC(=NCc1ccc(OCCCN(C)C)cc1)NCC.I. The fourth-order valence-corrected chi connectivity index (χ4v) is 2.16. The Balaban J connectivity index is 0.00000576. The number of nitrogens with zero attached hydrogens (tertiary/aromatic N) is 2. The molecule has 0 spiro atoms. The topological polar surface area (TPSA) is 48.9 Å². The molecule has 0 amide bonds. The first-order valence-corrected chi connectivity index (χ1v) is 9.04. The molecule has 1 aromatic rings. The monoisotopic (exact) mass is 462 g/mol. The summed E-state index contributed by atoms with van der Waals surface area (Å²) in [5.74, 6) is 1.81. The second-order valence-electron chi connectivity index (χ2n) is 6.12. The van der Waals surface area contributed by atoms with Gasteiger partial charge >= 0.3 is 0 Å². The summed E-state index contributed by atoms with van der Waals surface area (Å²) >= 11 is 0. The van der Waals surface area contributed by atoms with Crippen LogP contribution in [0, 0.1) is 0 Å². The maximum atomic E-state index is 5.75. The number of halogens is 1. The van der Waals surface area contributed by atoms with Crippen LogP contribution in [0.4, 0.5) is 0 Å². The van der Waals surface area contributed by atoms with Gasteiger partial charge in [0.15, 0.2) is 5.96 Å². The van der Waals surface area contributed by atoms with Crippen LogP contribution in [0.15, 0.2) is 29.3 Å². The first-order chi connectivity index (χ1) is 11.7. The number of unbranched alkanes of at least 4 members (excludes halogenated alkanes) is 1. The van der Waals surface area contributed by atoms with Crippen molar-refractivity contribution in [2.45, 2.75) is 39.7 Å². The van der Waals surface area contributed by atoms with Crippen molar-refractivity contribution in [3.8, 4) is 5.75 Å². The third-order valence-corrected chi connectivity index (χ3v) is 3.53. The average molecular weight is 462 g/mol. The number of hydrogen-bond donors (Lipinski definition) is 2. The molecule has 0 aliphatic heterocycles. The van der Waals surface area contributed by atoms with Crippen LogP contribution in [-0.4, -0.2) is 51.2 Å². The van der Waals surface area contributed by atoms with E-state index < -0.39 is 0 Å². The van der Waals surface area contributed by atoms with E-state index in [0.717, 1.165) is 50.8 Å². The van der Waals surface area contributed by atoms with Gasteiger partial charge < -0.3 is 20.3 Å². The van der Waals surface area contributed by atoms with Gasteiger partial charge in [-0.05, 0) is 51.6 Å². The van der Waals surface area contributed by atoms with E-state index in [1.807, 2.05) is 12.1 Å². The highest BCUT2D eigenvalue weighted by molar-refractivity contribution is 14.0. The normalized spacial score (nSPS) is 11.2. The number of nitrogens with one attached hydrogen (secondary N) is 2. The van der Waals surface area contributed by atoms with E-state index in [4.69, 9.17) is 4.74 Å². The van der Waals surface area contributed by atoms with Gasteiger partial charge in [-0.1, -0.05) is 25.5 Å². The molecule has 2 N–H and O–H groups in total. The third-order valence-electron chi connectivity index (χ3n) is 3.53. The molecule has 0 fully saturated rings. The molecule has 0 aromatic heterocycles. The molecule has 25 heavy (non-hydrogen) atoms. The van der Waals surface area contributed by atoms with Crippen LogP contribution in [0.3, 0.4) is 0 Å². The second kappa shape index (κ2) is 15.3. The Bertz CT molecular complexity index is 463. The van der Waals surface area contributed by atoms with Crippen molar-refractivity contribution in [1.29, 1.82) is 0 Å². The molecule has 1 aromatic carbocycles. The molecule has 0 aliphatic carbocycles. The zero-order valence-corrected chi connectivity index (χ0v) is 18.5. The maximum absolute atomic E-state index is 5.75. The van der Waals surface area contributed by atoms with Crippen LogP contribution in [0.25, 0.3) is 0 Å². The van der Waals surface area contributed by atoms with Crippen LogP contribution in [0.2, 0.25) is 0 Å². The zero-order valence-electron chi connectivity index (χ0n) is 16.2. The summed E-state index contributed by atoms with van der Waals surface area (Å²) in [7, 11) is 4.15. The molecule has 0 aliphatic rings. The highest BCUT2D eigenvalue weighted by Crippen LogP contribution is 2.13. The lowest BCUT2D eigenvalue weighted by Gasteiger charge is -2.11. The Labute approximate surface area is 170 Å². The summed E-state index contributed by atoms with van der Waals surface area (Å²) in [5, 5.41) is 6.63. The van der Waals surface area contributed by atoms with Crippen molar-refractivity contribution in [3.63, 3.8) is 0 Å². The van der Waals surface area contributed by atoms with E-state index in [-0.39, 0.29) is 24.0 Å². The third kappa shape index (κ3) is 12.0. The quantitative estimate of drug-likeness (QED) is 0.229. The van der Waals surface area contributed by atoms with Gasteiger partial charge in [-0.15, -0.1) is 24.0 Å². The molecule has 0 saturated heterocycles. The van der Waals surface area contributed by atoms with Crippen LogP contribution in [-0.2, 0) is 6.54 Å². The second-order valence-corrected chi connectivity index (χ2v) is 6.12. The number of rotatable bonds is 11. The molecular formula is C19H35IN4O. The largest absolute Gasteiger partial charge is 0.494 e. The zero-order chi connectivity index (χ0) is 17.6. The van der Waals surface area contributed by atoms with Gasteiger partial charge in [-0.3, -0.25) is 0 Å². The molecule has 0 bridgehead atoms. The minimum atomic E-state index is 0. The van der Waals surface area contributed by atoms with E-state index >= 15 is 0 Å². The molecule has 0 heterocycles. The lowest BCUT2D eigenvalue weighted by Crippen LogP contribution is -2.37. The Morgan fingerprint density at radius 3 is 2.40 bits per heavy atom. The van der Waals surface area contributed by atoms with Crippen molar-refractivity contribution in [2.24, 2.45) is 4.99 Å². The lowest BCUT2D eigenvalue weighted by atomic mass is 10.2. The van der Waals surface area contributed by atoms with E-state index in [2.05, 4.69) is 60.6 Å². The Kier molecular flexibility index (Phi) is 14.6. The van der Waals surface area contributed by atoms with Crippen molar-refractivity contribution in [3.05, 3.63) is 29.8 Å². The van der Waals surface area contributed by atoms with Gasteiger partial charge in [-0.2, -0.15) is 0 Å². The lowest BCUT2D eigenvalue weighted by molar-refractivity contribution is 0.281. The molecule has 5 nitrogen and oxygen atoms in total. The number of ether oxygens (including phenoxy) is 1. The Hall–Kier alpha value is -1.02. The predicted octanol–water partition coefficient (Wildman–Crippen LogP) is 3.49. The van der Waals surface area contributed by atoms with Gasteiger partial charge in [0.25, 0.3) is 0 Å².